The van der Waals surface area contributed by atoms with E-state index in [-0.39, 0.29) is 5.75 Å². The Labute approximate surface area is 82.5 Å². The Hall–Kier alpha value is -1.17. The monoisotopic (exact) mass is 195 g/mol. The molecule has 0 amide bonds. The van der Waals surface area contributed by atoms with Gasteiger partial charge in [-0.15, -0.1) is 6.42 Å². The summed E-state index contributed by atoms with van der Waals surface area (Å²) in [6.45, 7) is 0.523. The molecule has 0 fully saturated rings. The van der Waals surface area contributed by atoms with Crippen molar-refractivity contribution in [3.05, 3.63) is 28.3 Å². The molecule has 1 rings (SSSR count). The molecule has 0 unspecified atom stereocenters. The van der Waals surface area contributed by atoms with Gasteiger partial charge in [-0.25, -0.2) is 0 Å². The number of benzene rings is 1. The summed E-state index contributed by atoms with van der Waals surface area (Å²) in [5.74, 6) is 2.55. The molecule has 0 spiro atoms. The molecule has 13 heavy (non-hydrogen) atoms. The zero-order valence-corrected chi connectivity index (χ0v) is 8.02. The van der Waals surface area contributed by atoms with Crippen LogP contribution in [0, 0.1) is 12.3 Å². The van der Waals surface area contributed by atoms with Gasteiger partial charge in [0, 0.05) is 22.7 Å². The highest BCUT2D eigenvalue weighted by molar-refractivity contribution is 6.31. The maximum Gasteiger partial charge on any atom is 0.122 e. The topological polar surface area (TPSA) is 32.3 Å². The van der Waals surface area contributed by atoms with Crippen LogP contribution in [-0.2, 0) is 6.54 Å². The summed E-state index contributed by atoms with van der Waals surface area (Å²) < 4.78 is 0. The van der Waals surface area contributed by atoms with E-state index in [1.54, 1.807) is 13.1 Å². The number of terminal acetylenes is 1. The van der Waals surface area contributed by atoms with Gasteiger partial charge in [-0.05, 0) is 19.2 Å². The lowest BCUT2D eigenvalue weighted by molar-refractivity contribution is 0.466. The predicted molar refractivity (Wildman–Crippen MR) is 53.8 cm³/mol. The lowest BCUT2D eigenvalue weighted by atomic mass is 10.1. The number of halogens is 1. The van der Waals surface area contributed by atoms with Crippen molar-refractivity contribution in [3.8, 4) is 18.1 Å². The average Bonchev–Trinajstić information content (AvgIpc) is 2.11. The minimum absolute atomic E-state index is 0.134. The van der Waals surface area contributed by atoms with Gasteiger partial charge in [0.15, 0.2) is 0 Å². The number of phenolic OH excluding ortho intramolecular Hbond substituents is 1. The Bertz CT molecular complexity index is 331. The van der Waals surface area contributed by atoms with Gasteiger partial charge < -0.3 is 10.4 Å². The second-order valence-electron chi connectivity index (χ2n) is 2.63. The second-order valence-corrected chi connectivity index (χ2v) is 3.04. The van der Waals surface area contributed by atoms with Gasteiger partial charge in [-0.2, -0.15) is 0 Å². The largest absolute Gasteiger partial charge is 0.508 e. The number of hydrogen-bond donors (Lipinski definition) is 2. The zero-order chi connectivity index (χ0) is 9.84. The Morgan fingerprint density at radius 3 is 2.77 bits per heavy atom. The second kappa shape index (κ2) is 4.18. The van der Waals surface area contributed by atoms with Crippen molar-refractivity contribution in [2.75, 3.05) is 7.05 Å². The van der Waals surface area contributed by atoms with Crippen molar-refractivity contribution in [2.24, 2.45) is 0 Å². The van der Waals surface area contributed by atoms with Crippen LogP contribution in [0.1, 0.15) is 11.1 Å². The van der Waals surface area contributed by atoms with Crippen LogP contribution in [0.2, 0.25) is 5.02 Å². The predicted octanol–water partition coefficient (Wildman–Crippen LogP) is 1.75. The van der Waals surface area contributed by atoms with Crippen molar-refractivity contribution < 1.29 is 5.11 Å². The molecule has 0 aromatic heterocycles. The average molecular weight is 196 g/mol. The highest BCUT2D eigenvalue weighted by Gasteiger charge is 2.06. The van der Waals surface area contributed by atoms with Crippen LogP contribution in [-0.4, -0.2) is 12.2 Å². The Morgan fingerprint density at radius 2 is 2.31 bits per heavy atom. The molecule has 1 aromatic rings. The van der Waals surface area contributed by atoms with Crippen LogP contribution in [0.25, 0.3) is 0 Å². The standard InChI is InChI=1S/C10H10ClNO/c1-3-7-4-9(11)8(6-12-2)10(13)5-7/h1,4-5,12-13H,6H2,2H3. The molecule has 0 atom stereocenters. The molecular formula is C10H10ClNO. The fourth-order valence-corrected chi connectivity index (χ4v) is 1.34. The third-order valence-corrected chi connectivity index (χ3v) is 2.03. The molecule has 0 saturated heterocycles. The summed E-state index contributed by atoms with van der Waals surface area (Å²) in [4.78, 5) is 0. The van der Waals surface area contributed by atoms with Crippen molar-refractivity contribution in [2.45, 2.75) is 6.54 Å². The summed E-state index contributed by atoms with van der Waals surface area (Å²) in [6.07, 6.45) is 5.18. The van der Waals surface area contributed by atoms with Crippen LogP contribution in [0.15, 0.2) is 12.1 Å². The number of hydrogen-bond acceptors (Lipinski definition) is 2. The number of rotatable bonds is 2. The Kier molecular flexibility index (Phi) is 3.18. The quantitative estimate of drug-likeness (QED) is 0.705. The first-order valence-corrected chi connectivity index (χ1v) is 4.19. The lowest BCUT2D eigenvalue weighted by Gasteiger charge is -2.06. The first kappa shape index (κ1) is 9.91. The molecule has 0 aliphatic heterocycles. The van der Waals surface area contributed by atoms with E-state index in [9.17, 15) is 5.11 Å². The molecule has 3 heteroatoms. The Morgan fingerprint density at radius 1 is 1.62 bits per heavy atom. The minimum Gasteiger partial charge on any atom is -0.508 e. The third kappa shape index (κ3) is 2.15. The normalized spacial score (nSPS) is 9.62. The van der Waals surface area contributed by atoms with Crippen LogP contribution < -0.4 is 5.32 Å². The molecule has 2 N–H and O–H groups in total. The van der Waals surface area contributed by atoms with Gasteiger partial charge in [0.05, 0.1) is 0 Å². The summed E-state index contributed by atoms with van der Waals surface area (Å²) in [5, 5.41) is 12.9. The summed E-state index contributed by atoms with van der Waals surface area (Å²) in [6, 6.07) is 3.19. The van der Waals surface area contributed by atoms with E-state index in [2.05, 4.69) is 11.2 Å². The smallest absolute Gasteiger partial charge is 0.122 e. The summed E-state index contributed by atoms with van der Waals surface area (Å²) >= 11 is 5.90. The molecule has 2 nitrogen and oxygen atoms in total. The Balaban J connectivity index is 3.17. The molecule has 68 valence electrons. The van der Waals surface area contributed by atoms with E-state index in [4.69, 9.17) is 18.0 Å². The molecule has 0 radical (unpaired) electrons. The van der Waals surface area contributed by atoms with E-state index >= 15 is 0 Å². The molecule has 0 aliphatic rings. The molecule has 1 aromatic carbocycles. The highest BCUT2D eigenvalue weighted by Crippen LogP contribution is 2.27. The molecule has 0 aliphatic carbocycles. The van der Waals surface area contributed by atoms with Gasteiger partial charge in [0.1, 0.15) is 5.75 Å². The van der Waals surface area contributed by atoms with Crippen LogP contribution in [0.4, 0.5) is 0 Å². The van der Waals surface area contributed by atoms with Crippen molar-refractivity contribution in [1.82, 2.24) is 5.32 Å². The van der Waals surface area contributed by atoms with Gasteiger partial charge in [-0.1, -0.05) is 17.5 Å². The fourth-order valence-electron chi connectivity index (χ4n) is 1.06. The van der Waals surface area contributed by atoms with Crippen LogP contribution in [0.3, 0.4) is 0 Å². The summed E-state index contributed by atoms with van der Waals surface area (Å²) in [5.41, 5.74) is 1.26. The fraction of sp³-hybridized carbons (Fsp3) is 0.200. The maximum absolute atomic E-state index is 9.51. The van der Waals surface area contributed by atoms with Crippen molar-refractivity contribution in [1.29, 1.82) is 0 Å². The first-order valence-electron chi connectivity index (χ1n) is 3.81. The molecule has 0 heterocycles. The SMILES string of the molecule is C#Cc1cc(O)c(CNC)c(Cl)c1. The van der Waals surface area contributed by atoms with E-state index < -0.39 is 0 Å². The third-order valence-electron chi connectivity index (χ3n) is 1.69. The molecular weight excluding hydrogens is 186 g/mol. The van der Waals surface area contributed by atoms with Gasteiger partial charge >= 0.3 is 0 Å². The lowest BCUT2D eigenvalue weighted by Crippen LogP contribution is -2.05. The highest BCUT2D eigenvalue weighted by atomic mass is 35.5. The van der Waals surface area contributed by atoms with Gasteiger partial charge in [-0.3, -0.25) is 0 Å². The number of aromatic hydroxyl groups is 1. The van der Waals surface area contributed by atoms with Crippen LogP contribution >= 0.6 is 11.6 Å². The maximum atomic E-state index is 9.51. The van der Waals surface area contributed by atoms with E-state index in [1.807, 2.05) is 0 Å². The zero-order valence-electron chi connectivity index (χ0n) is 7.26. The van der Waals surface area contributed by atoms with E-state index in [0.717, 1.165) is 0 Å². The van der Waals surface area contributed by atoms with E-state index in [0.29, 0.717) is 22.7 Å². The van der Waals surface area contributed by atoms with E-state index in [1.165, 1.54) is 6.07 Å². The molecule has 0 bridgehead atoms. The number of phenols is 1. The summed E-state index contributed by atoms with van der Waals surface area (Å²) in [7, 11) is 1.78. The first-order chi connectivity index (χ1) is 6.19. The number of nitrogens with one attached hydrogen (secondary N) is 1. The molecule has 0 saturated carbocycles. The van der Waals surface area contributed by atoms with Crippen molar-refractivity contribution in [3.63, 3.8) is 0 Å². The van der Waals surface area contributed by atoms with Gasteiger partial charge in [0.25, 0.3) is 0 Å². The van der Waals surface area contributed by atoms with Crippen LogP contribution in [0.5, 0.6) is 5.75 Å². The van der Waals surface area contributed by atoms with Crippen molar-refractivity contribution >= 4 is 11.6 Å². The minimum atomic E-state index is 0.134. The van der Waals surface area contributed by atoms with Gasteiger partial charge in [0.2, 0.25) is 0 Å².